The van der Waals surface area contributed by atoms with Crippen LogP contribution in [0.1, 0.15) is 20.3 Å². The number of morpholine rings is 1. The minimum Gasteiger partial charge on any atom is -0.378 e. The first-order valence-electron chi connectivity index (χ1n) is 6.28. The van der Waals surface area contributed by atoms with E-state index in [2.05, 4.69) is 19.2 Å². The number of rotatable bonds is 1. The molecule has 0 saturated carbocycles. The summed E-state index contributed by atoms with van der Waals surface area (Å²) in [6.45, 7) is 8.34. The van der Waals surface area contributed by atoms with Crippen LogP contribution in [0, 0.1) is 11.8 Å². The van der Waals surface area contributed by atoms with Crippen LogP contribution in [0.5, 0.6) is 0 Å². The van der Waals surface area contributed by atoms with E-state index in [1.54, 1.807) is 0 Å². The molecule has 1 amide bonds. The average molecular weight is 226 g/mol. The summed E-state index contributed by atoms with van der Waals surface area (Å²) in [6, 6.07) is -0.116. The van der Waals surface area contributed by atoms with Crippen molar-refractivity contribution < 1.29 is 9.53 Å². The minimum absolute atomic E-state index is 0.116. The van der Waals surface area contributed by atoms with Crippen molar-refractivity contribution in [1.29, 1.82) is 0 Å². The molecule has 3 atom stereocenters. The smallest absolute Gasteiger partial charge is 0.242 e. The summed E-state index contributed by atoms with van der Waals surface area (Å²) in [4.78, 5) is 14.2. The van der Waals surface area contributed by atoms with Crippen molar-refractivity contribution in [2.75, 3.05) is 32.8 Å². The molecule has 2 heterocycles. The van der Waals surface area contributed by atoms with E-state index in [1.165, 1.54) is 0 Å². The molecule has 2 aliphatic rings. The Kier molecular flexibility index (Phi) is 3.82. The second-order valence-electron chi connectivity index (χ2n) is 5.11. The zero-order chi connectivity index (χ0) is 11.5. The van der Waals surface area contributed by atoms with Gasteiger partial charge in [-0.25, -0.2) is 0 Å². The van der Waals surface area contributed by atoms with Crippen molar-refractivity contribution in [2.24, 2.45) is 11.8 Å². The van der Waals surface area contributed by atoms with E-state index in [4.69, 9.17) is 4.74 Å². The standard InChI is InChI=1S/C12H22N2O2/c1-9-3-5-14(7-10(9)2)12(15)11-8-16-6-4-13-11/h9-11,13H,3-8H2,1-2H3. The Morgan fingerprint density at radius 3 is 2.81 bits per heavy atom. The summed E-state index contributed by atoms with van der Waals surface area (Å²) < 4.78 is 5.33. The summed E-state index contributed by atoms with van der Waals surface area (Å²) >= 11 is 0. The van der Waals surface area contributed by atoms with Gasteiger partial charge in [0.2, 0.25) is 5.91 Å². The highest BCUT2D eigenvalue weighted by Crippen LogP contribution is 2.22. The Morgan fingerprint density at radius 2 is 2.19 bits per heavy atom. The van der Waals surface area contributed by atoms with Crippen LogP contribution >= 0.6 is 0 Å². The van der Waals surface area contributed by atoms with Crippen LogP contribution in [0.2, 0.25) is 0 Å². The molecule has 0 bridgehead atoms. The monoisotopic (exact) mass is 226 g/mol. The first kappa shape index (κ1) is 11.9. The van der Waals surface area contributed by atoms with Crippen LogP contribution in [-0.4, -0.2) is 49.7 Å². The predicted octanol–water partition coefficient (Wildman–Crippen LogP) is 0.479. The minimum atomic E-state index is -0.116. The molecular weight excluding hydrogens is 204 g/mol. The maximum absolute atomic E-state index is 12.2. The molecule has 3 unspecified atom stereocenters. The third kappa shape index (κ3) is 2.55. The quantitative estimate of drug-likeness (QED) is 0.707. The van der Waals surface area contributed by atoms with Crippen LogP contribution in [0.3, 0.4) is 0 Å². The molecule has 16 heavy (non-hydrogen) atoms. The number of likely N-dealkylation sites (tertiary alicyclic amines) is 1. The number of carbonyl (C=O) groups is 1. The number of ether oxygens (including phenoxy) is 1. The van der Waals surface area contributed by atoms with Crippen LogP contribution in [0.15, 0.2) is 0 Å². The Balaban J connectivity index is 1.89. The molecule has 4 nitrogen and oxygen atoms in total. The molecule has 0 spiro atoms. The molecule has 2 fully saturated rings. The number of nitrogens with one attached hydrogen (secondary N) is 1. The number of piperidine rings is 1. The van der Waals surface area contributed by atoms with E-state index in [0.29, 0.717) is 12.5 Å². The Morgan fingerprint density at radius 1 is 1.38 bits per heavy atom. The van der Waals surface area contributed by atoms with Gasteiger partial charge in [-0.2, -0.15) is 0 Å². The highest BCUT2D eigenvalue weighted by atomic mass is 16.5. The van der Waals surface area contributed by atoms with E-state index in [-0.39, 0.29) is 11.9 Å². The third-order valence-electron chi connectivity index (χ3n) is 3.87. The van der Waals surface area contributed by atoms with Crippen molar-refractivity contribution in [2.45, 2.75) is 26.3 Å². The highest BCUT2D eigenvalue weighted by molar-refractivity contribution is 5.82. The van der Waals surface area contributed by atoms with E-state index in [1.807, 2.05) is 4.90 Å². The fourth-order valence-electron chi connectivity index (χ4n) is 2.41. The van der Waals surface area contributed by atoms with Crippen LogP contribution in [0.4, 0.5) is 0 Å². The maximum atomic E-state index is 12.2. The van der Waals surface area contributed by atoms with Gasteiger partial charge in [0, 0.05) is 19.6 Å². The number of amides is 1. The summed E-state index contributed by atoms with van der Waals surface area (Å²) in [5.74, 6) is 1.57. The molecule has 0 radical (unpaired) electrons. The lowest BCUT2D eigenvalue weighted by Gasteiger charge is -2.37. The fourth-order valence-corrected chi connectivity index (χ4v) is 2.41. The second-order valence-corrected chi connectivity index (χ2v) is 5.11. The molecular formula is C12H22N2O2. The van der Waals surface area contributed by atoms with Gasteiger partial charge in [-0.05, 0) is 18.3 Å². The van der Waals surface area contributed by atoms with Crippen molar-refractivity contribution in [3.8, 4) is 0 Å². The second kappa shape index (κ2) is 5.15. The topological polar surface area (TPSA) is 41.6 Å². The van der Waals surface area contributed by atoms with E-state index >= 15 is 0 Å². The molecule has 92 valence electrons. The van der Waals surface area contributed by atoms with Gasteiger partial charge in [0.05, 0.1) is 13.2 Å². The lowest BCUT2D eigenvalue weighted by atomic mass is 9.88. The van der Waals surface area contributed by atoms with Crippen LogP contribution in [-0.2, 0) is 9.53 Å². The Bertz CT molecular complexity index is 251. The lowest BCUT2D eigenvalue weighted by Crippen LogP contribution is -2.55. The molecule has 0 aromatic heterocycles. The third-order valence-corrected chi connectivity index (χ3v) is 3.87. The molecule has 1 N–H and O–H groups in total. The molecule has 2 rings (SSSR count). The van der Waals surface area contributed by atoms with Gasteiger partial charge < -0.3 is 15.0 Å². The number of nitrogens with zero attached hydrogens (tertiary/aromatic N) is 1. The first-order valence-corrected chi connectivity index (χ1v) is 6.28. The van der Waals surface area contributed by atoms with E-state index < -0.39 is 0 Å². The largest absolute Gasteiger partial charge is 0.378 e. The fraction of sp³-hybridized carbons (Fsp3) is 0.917. The highest BCUT2D eigenvalue weighted by Gasteiger charge is 2.31. The summed E-state index contributed by atoms with van der Waals surface area (Å²) in [5.41, 5.74) is 0. The number of hydrogen-bond acceptors (Lipinski definition) is 3. The zero-order valence-electron chi connectivity index (χ0n) is 10.2. The normalized spacial score (nSPS) is 36.1. The molecule has 2 aliphatic heterocycles. The molecule has 0 aromatic carbocycles. The molecule has 2 saturated heterocycles. The maximum Gasteiger partial charge on any atom is 0.242 e. The van der Waals surface area contributed by atoms with Gasteiger partial charge >= 0.3 is 0 Å². The average Bonchev–Trinajstić information content (AvgIpc) is 2.33. The number of carbonyl (C=O) groups excluding carboxylic acids is 1. The van der Waals surface area contributed by atoms with Gasteiger partial charge in [-0.1, -0.05) is 13.8 Å². The summed E-state index contributed by atoms with van der Waals surface area (Å²) in [5, 5.41) is 3.23. The van der Waals surface area contributed by atoms with E-state index in [0.717, 1.165) is 38.6 Å². The van der Waals surface area contributed by atoms with Gasteiger partial charge in [0.25, 0.3) is 0 Å². The van der Waals surface area contributed by atoms with Crippen LogP contribution in [0.25, 0.3) is 0 Å². The van der Waals surface area contributed by atoms with Crippen molar-refractivity contribution in [3.63, 3.8) is 0 Å². The molecule has 0 aromatic rings. The van der Waals surface area contributed by atoms with Gasteiger partial charge in [0.15, 0.2) is 0 Å². The Labute approximate surface area is 97.3 Å². The van der Waals surface area contributed by atoms with Gasteiger partial charge in [-0.15, -0.1) is 0 Å². The number of hydrogen-bond donors (Lipinski definition) is 1. The molecule has 0 aliphatic carbocycles. The first-order chi connectivity index (χ1) is 7.68. The van der Waals surface area contributed by atoms with Crippen LogP contribution < -0.4 is 5.32 Å². The lowest BCUT2D eigenvalue weighted by molar-refractivity contribution is -0.138. The summed E-state index contributed by atoms with van der Waals surface area (Å²) in [7, 11) is 0. The van der Waals surface area contributed by atoms with E-state index in [9.17, 15) is 4.79 Å². The predicted molar refractivity (Wildman–Crippen MR) is 62.1 cm³/mol. The van der Waals surface area contributed by atoms with Crippen molar-refractivity contribution in [3.05, 3.63) is 0 Å². The van der Waals surface area contributed by atoms with Crippen molar-refractivity contribution in [1.82, 2.24) is 10.2 Å². The summed E-state index contributed by atoms with van der Waals surface area (Å²) in [6.07, 6.45) is 1.13. The molecule has 4 heteroatoms. The van der Waals surface area contributed by atoms with Gasteiger partial charge in [-0.3, -0.25) is 4.79 Å². The van der Waals surface area contributed by atoms with Crippen molar-refractivity contribution >= 4 is 5.91 Å². The zero-order valence-corrected chi connectivity index (χ0v) is 10.2. The van der Waals surface area contributed by atoms with Gasteiger partial charge in [0.1, 0.15) is 6.04 Å². The Hall–Kier alpha value is -0.610. The SMILES string of the molecule is CC1CCN(C(=O)C2COCCN2)CC1C.